The van der Waals surface area contributed by atoms with Crippen molar-refractivity contribution >= 4 is 21.8 Å². The number of hydrogen-bond donors (Lipinski definition) is 2. The molecule has 0 aliphatic rings. The Labute approximate surface area is 97.6 Å². The largest absolute Gasteiger partial charge is 0.313 e. The molecule has 92 valence electrons. The second-order valence-electron chi connectivity index (χ2n) is 3.90. The normalized spacial score (nSPS) is 14.5. The van der Waals surface area contributed by atoms with Crippen LogP contribution in [0.2, 0.25) is 0 Å². The van der Waals surface area contributed by atoms with Crippen LogP contribution in [0.4, 0.5) is 0 Å². The third-order valence-corrected chi connectivity index (χ3v) is 4.06. The molecule has 0 aromatic carbocycles. The van der Waals surface area contributed by atoms with Gasteiger partial charge in [-0.1, -0.05) is 13.8 Å². The van der Waals surface area contributed by atoms with Gasteiger partial charge in [-0.3, -0.25) is 0 Å². The van der Waals surface area contributed by atoms with Crippen molar-refractivity contribution in [2.45, 2.75) is 32.9 Å². The van der Waals surface area contributed by atoms with Crippen LogP contribution in [-0.2, 0) is 10.0 Å². The molecule has 6 heteroatoms. The van der Waals surface area contributed by atoms with Crippen LogP contribution in [-0.4, -0.2) is 44.8 Å². The predicted octanol–water partition coefficient (Wildman–Crippen LogP) is 0.655. The molecule has 1 unspecified atom stereocenters. The second kappa shape index (κ2) is 7.49. The quantitative estimate of drug-likeness (QED) is 0.668. The minimum atomic E-state index is -3.12. The van der Waals surface area contributed by atoms with Crippen molar-refractivity contribution in [1.29, 1.82) is 0 Å². The van der Waals surface area contributed by atoms with E-state index in [0.29, 0.717) is 12.6 Å². The lowest BCUT2D eigenvalue weighted by molar-refractivity contribution is 0.558. The van der Waals surface area contributed by atoms with E-state index in [1.807, 2.05) is 27.0 Å². The molecule has 1 atom stereocenters. The van der Waals surface area contributed by atoms with Gasteiger partial charge in [0, 0.05) is 24.4 Å². The van der Waals surface area contributed by atoms with E-state index in [1.165, 1.54) is 0 Å². The van der Waals surface area contributed by atoms with Crippen molar-refractivity contribution in [2.24, 2.45) is 0 Å². The van der Waals surface area contributed by atoms with E-state index in [0.717, 1.165) is 5.75 Å². The summed E-state index contributed by atoms with van der Waals surface area (Å²) in [4.78, 5) is 0. The summed E-state index contributed by atoms with van der Waals surface area (Å²) >= 11 is 1.64. The molecule has 0 spiro atoms. The Kier molecular flexibility index (Phi) is 7.60. The monoisotopic (exact) mass is 254 g/mol. The topological polar surface area (TPSA) is 58.2 Å². The Hall–Kier alpha value is 0.220. The number of thioether (sulfide) groups is 1. The molecule has 0 aliphatic heterocycles. The molecule has 0 rings (SSSR count). The molecule has 0 bridgehead atoms. The molecule has 15 heavy (non-hydrogen) atoms. The SMILES string of the molecule is CSCC(C)NS(=O)(=O)CCNC(C)C. The van der Waals surface area contributed by atoms with E-state index in [1.54, 1.807) is 11.8 Å². The maximum Gasteiger partial charge on any atom is 0.213 e. The van der Waals surface area contributed by atoms with Crippen LogP contribution in [0.1, 0.15) is 20.8 Å². The van der Waals surface area contributed by atoms with Crippen LogP contribution in [0.15, 0.2) is 0 Å². The van der Waals surface area contributed by atoms with E-state index in [9.17, 15) is 8.42 Å². The summed E-state index contributed by atoms with van der Waals surface area (Å²) in [6.45, 7) is 6.37. The zero-order valence-corrected chi connectivity index (χ0v) is 11.5. The molecule has 0 aliphatic carbocycles. The standard InChI is InChI=1S/C9H22N2O2S2/c1-8(2)10-5-6-15(12,13)11-9(3)7-14-4/h8-11H,5-7H2,1-4H3. The molecule has 2 N–H and O–H groups in total. The third-order valence-electron chi connectivity index (χ3n) is 1.72. The van der Waals surface area contributed by atoms with Crippen molar-refractivity contribution in [1.82, 2.24) is 10.0 Å². The number of sulfonamides is 1. The molecule has 4 nitrogen and oxygen atoms in total. The third kappa shape index (κ3) is 9.17. The smallest absolute Gasteiger partial charge is 0.213 e. The highest BCUT2D eigenvalue weighted by molar-refractivity contribution is 7.98. The highest BCUT2D eigenvalue weighted by atomic mass is 32.2. The minimum absolute atomic E-state index is 0.00375. The maximum atomic E-state index is 11.5. The van der Waals surface area contributed by atoms with E-state index in [2.05, 4.69) is 10.0 Å². The molecular formula is C9H22N2O2S2. The van der Waals surface area contributed by atoms with Crippen molar-refractivity contribution in [3.8, 4) is 0 Å². The fourth-order valence-corrected chi connectivity index (χ4v) is 3.02. The average Bonchev–Trinajstić information content (AvgIpc) is 2.01. The number of nitrogens with one attached hydrogen (secondary N) is 2. The summed E-state index contributed by atoms with van der Waals surface area (Å²) in [7, 11) is -3.12. The molecule has 0 radical (unpaired) electrons. The summed E-state index contributed by atoms with van der Waals surface area (Å²) in [6.07, 6.45) is 1.96. The van der Waals surface area contributed by atoms with Gasteiger partial charge in [-0.2, -0.15) is 11.8 Å². The fourth-order valence-electron chi connectivity index (χ4n) is 1.13. The molecule has 0 aromatic heterocycles. The Morgan fingerprint density at radius 3 is 2.33 bits per heavy atom. The van der Waals surface area contributed by atoms with Crippen LogP contribution in [0.25, 0.3) is 0 Å². The summed E-state index contributed by atoms with van der Waals surface area (Å²) in [5.41, 5.74) is 0. The molecule has 0 fully saturated rings. The van der Waals surface area contributed by atoms with E-state index in [4.69, 9.17) is 0 Å². The Balaban J connectivity index is 3.87. The lowest BCUT2D eigenvalue weighted by Gasteiger charge is -2.13. The average molecular weight is 254 g/mol. The minimum Gasteiger partial charge on any atom is -0.313 e. The van der Waals surface area contributed by atoms with Gasteiger partial charge in [0.15, 0.2) is 0 Å². The van der Waals surface area contributed by atoms with Gasteiger partial charge in [-0.25, -0.2) is 13.1 Å². The van der Waals surface area contributed by atoms with Crippen LogP contribution >= 0.6 is 11.8 Å². The predicted molar refractivity (Wildman–Crippen MR) is 67.9 cm³/mol. The maximum absolute atomic E-state index is 11.5. The summed E-state index contributed by atoms with van der Waals surface area (Å²) in [5.74, 6) is 0.945. The van der Waals surface area contributed by atoms with Gasteiger partial charge < -0.3 is 5.32 Å². The molecule has 0 heterocycles. The first-order valence-corrected chi connectivity index (χ1v) is 8.14. The van der Waals surface area contributed by atoms with Gasteiger partial charge in [0.1, 0.15) is 0 Å². The zero-order chi connectivity index (χ0) is 11.9. The van der Waals surface area contributed by atoms with E-state index < -0.39 is 10.0 Å². The lowest BCUT2D eigenvalue weighted by atomic mass is 10.4. The first kappa shape index (κ1) is 15.2. The first-order valence-electron chi connectivity index (χ1n) is 5.09. The van der Waals surface area contributed by atoms with E-state index in [-0.39, 0.29) is 11.8 Å². The van der Waals surface area contributed by atoms with Gasteiger partial charge in [0.25, 0.3) is 0 Å². The second-order valence-corrected chi connectivity index (χ2v) is 6.69. The van der Waals surface area contributed by atoms with Crippen LogP contribution in [0.5, 0.6) is 0 Å². The summed E-state index contributed by atoms with van der Waals surface area (Å²) in [5, 5.41) is 3.08. The van der Waals surface area contributed by atoms with Crippen molar-refractivity contribution in [3.63, 3.8) is 0 Å². The number of hydrogen-bond acceptors (Lipinski definition) is 4. The fraction of sp³-hybridized carbons (Fsp3) is 1.00. The van der Waals surface area contributed by atoms with Gasteiger partial charge in [0.2, 0.25) is 10.0 Å². The Morgan fingerprint density at radius 2 is 1.87 bits per heavy atom. The van der Waals surface area contributed by atoms with Crippen LogP contribution in [0.3, 0.4) is 0 Å². The van der Waals surface area contributed by atoms with Crippen LogP contribution < -0.4 is 10.0 Å². The first-order chi connectivity index (χ1) is 6.87. The van der Waals surface area contributed by atoms with Crippen molar-refractivity contribution < 1.29 is 8.42 Å². The van der Waals surface area contributed by atoms with Gasteiger partial charge in [0.05, 0.1) is 5.75 Å². The molecule has 0 amide bonds. The van der Waals surface area contributed by atoms with Crippen LogP contribution in [0, 0.1) is 0 Å². The molecule has 0 aromatic rings. The Morgan fingerprint density at radius 1 is 1.27 bits per heavy atom. The lowest BCUT2D eigenvalue weighted by Crippen LogP contribution is -2.39. The van der Waals surface area contributed by atoms with Gasteiger partial charge >= 0.3 is 0 Å². The van der Waals surface area contributed by atoms with Crippen molar-refractivity contribution in [2.75, 3.05) is 24.3 Å². The molecule has 0 saturated carbocycles. The Bertz CT molecular complexity index is 253. The highest BCUT2D eigenvalue weighted by Gasteiger charge is 2.13. The molecule has 0 saturated heterocycles. The van der Waals surface area contributed by atoms with Gasteiger partial charge in [-0.05, 0) is 13.2 Å². The van der Waals surface area contributed by atoms with Crippen molar-refractivity contribution in [3.05, 3.63) is 0 Å². The molecular weight excluding hydrogens is 232 g/mol. The zero-order valence-electron chi connectivity index (χ0n) is 9.91. The number of rotatable bonds is 8. The van der Waals surface area contributed by atoms with Gasteiger partial charge in [-0.15, -0.1) is 0 Å². The highest BCUT2D eigenvalue weighted by Crippen LogP contribution is 1.98. The summed E-state index contributed by atoms with van der Waals surface area (Å²) in [6, 6.07) is 0.327. The van der Waals surface area contributed by atoms with E-state index >= 15 is 0 Å². The summed E-state index contributed by atoms with van der Waals surface area (Å²) < 4.78 is 25.7.